The molecule has 1 N–H and O–H groups in total. The third-order valence-corrected chi connectivity index (χ3v) is 3.85. The van der Waals surface area contributed by atoms with Crippen molar-refractivity contribution < 1.29 is 14.3 Å². The Hall–Kier alpha value is -2.49. The zero-order valence-electron chi connectivity index (χ0n) is 14.1. The van der Waals surface area contributed by atoms with Crippen LogP contribution in [0.15, 0.2) is 42.5 Å². The average Bonchev–Trinajstić information content (AvgIpc) is 2.57. The standard InChI is InChI=1S/C19H23NO3/c1-5-18(23-16-10-7-9-15(12-16)22-4)19(21)20-17-11-6-8-13(2)14(17)3/h6-12,18H,5H2,1-4H3,(H,20,21)/t18-/m1/s1. The van der Waals surface area contributed by atoms with E-state index in [1.54, 1.807) is 13.2 Å². The fraction of sp³-hybridized carbons (Fsp3) is 0.316. The second-order valence-electron chi connectivity index (χ2n) is 5.43. The van der Waals surface area contributed by atoms with Crippen molar-refractivity contribution in [1.82, 2.24) is 0 Å². The first-order chi connectivity index (χ1) is 11.0. The quantitative estimate of drug-likeness (QED) is 0.873. The van der Waals surface area contributed by atoms with E-state index in [4.69, 9.17) is 9.47 Å². The van der Waals surface area contributed by atoms with E-state index in [1.165, 1.54) is 0 Å². The Labute approximate surface area is 137 Å². The van der Waals surface area contributed by atoms with Gasteiger partial charge >= 0.3 is 0 Å². The molecule has 0 bridgehead atoms. The summed E-state index contributed by atoms with van der Waals surface area (Å²) < 4.78 is 11.0. The van der Waals surface area contributed by atoms with Crippen LogP contribution in [0, 0.1) is 13.8 Å². The number of carbonyl (C=O) groups excluding carboxylic acids is 1. The molecule has 1 atom stereocenters. The summed E-state index contributed by atoms with van der Waals surface area (Å²) in [6.45, 7) is 5.94. The number of carbonyl (C=O) groups is 1. The highest BCUT2D eigenvalue weighted by Gasteiger charge is 2.19. The van der Waals surface area contributed by atoms with Crippen LogP contribution in [0.3, 0.4) is 0 Å². The van der Waals surface area contributed by atoms with Gasteiger partial charge in [-0.1, -0.05) is 25.1 Å². The molecule has 0 aliphatic carbocycles. The van der Waals surface area contributed by atoms with Gasteiger partial charge in [0.1, 0.15) is 11.5 Å². The molecule has 0 aliphatic rings. The third kappa shape index (κ3) is 4.25. The van der Waals surface area contributed by atoms with Crippen LogP contribution in [-0.2, 0) is 4.79 Å². The van der Waals surface area contributed by atoms with Crippen molar-refractivity contribution >= 4 is 11.6 Å². The van der Waals surface area contributed by atoms with Gasteiger partial charge in [-0.15, -0.1) is 0 Å². The SMILES string of the molecule is CC[C@@H](Oc1cccc(OC)c1)C(=O)Nc1cccc(C)c1C. The van der Waals surface area contributed by atoms with Crippen LogP contribution >= 0.6 is 0 Å². The Morgan fingerprint density at radius 1 is 1.13 bits per heavy atom. The monoisotopic (exact) mass is 313 g/mol. The lowest BCUT2D eigenvalue weighted by molar-refractivity contribution is -0.122. The molecular formula is C19H23NO3. The molecule has 0 saturated heterocycles. The van der Waals surface area contributed by atoms with Crippen LogP contribution in [0.5, 0.6) is 11.5 Å². The number of aryl methyl sites for hydroxylation is 1. The molecule has 0 saturated carbocycles. The Bertz CT molecular complexity index is 682. The number of hydrogen-bond donors (Lipinski definition) is 1. The molecule has 2 aromatic rings. The van der Waals surface area contributed by atoms with Crippen LogP contribution < -0.4 is 14.8 Å². The van der Waals surface area contributed by atoms with Gasteiger partial charge in [-0.25, -0.2) is 0 Å². The second-order valence-corrected chi connectivity index (χ2v) is 5.43. The Morgan fingerprint density at radius 2 is 1.83 bits per heavy atom. The molecule has 122 valence electrons. The van der Waals surface area contributed by atoms with Crippen molar-refractivity contribution in [3.63, 3.8) is 0 Å². The normalized spacial score (nSPS) is 11.7. The van der Waals surface area contributed by atoms with Crippen molar-refractivity contribution in [3.05, 3.63) is 53.6 Å². The molecule has 2 aromatic carbocycles. The molecule has 23 heavy (non-hydrogen) atoms. The lowest BCUT2D eigenvalue weighted by Gasteiger charge is -2.19. The summed E-state index contributed by atoms with van der Waals surface area (Å²) in [6.07, 6.45) is 0.0236. The largest absolute Gasteiger partial charge is 0.497 e. The number of benzene rings is 2. The van der Waals surface area contributed by atoms with Gasteiger partial charge in [-0.05, 0) is 49.6 Å². The number of rotatable bonds is 6. The molecule has 2 rings (SSSR count). The van der Waals surface area contributed by atoms with Gasteiger partial charge in [0.25, 0.3) is 5.91 Å². The Balaban J connectivity index is 2.10. The van der Waals surface area contributed by atoms with Crippen molar-refractivity contribution in [2.45, 2.75) is 33.3 Å². The first-order valence-corrected chi connectivity index (χ1v) is 7.73. The van der Waals surface area contributed by atoms with Crippen LogP contribution in [0.4, 0.5) is 5.69 Å². The minimum absolute atomic E-state index is 0.149. The molecule has 0 aliphatic heterocycles. The summed E-state index contributed by atoms with van der Waals surface area (Å²) in [7, 11) is 1.60. The van der Waals surface area contributed by atoms with Gasteiger partial charge < -0.3 is 14.8 Å². The number of nitrogens with one attached hydrogen (secondary N) is 1. The summed E-state index contributed by atoms with van der Waals surface area (Å²) in [4.78, 5) is 12.5. The first-order valence-electron chi connectivity index (χ1n) is 7.73. The summed E-state index contributed by atoms with van der Waals surface area (Å²) in [5, 5.41) is 2.96. The van der Waals surface area contributed by atoms with Crippen LogP contribution in [0.25, 0.3) is 0 Å². The molecule has 1 amide bonds. The van der Waals surface area contributed by atoms with Crippen LogP contribution in [0.2, 0.25) is 0 Å². The smallest absolute Gasteiger partial charge is 0.265 e. The fourth-order valence-corrected chi connectivity index (χ4v) is 2.26. The summed E-state index contributed by atoms with van der Waals surface area (Å²) in [5.74, 6) is 1.17. The Morgan fingerprint density at radius 3 is 2.52 bits per heavy atom. The van der Waals surface area contributed by atoms with Crippen molar-refractivity contribution in [2.24, 2.45) is 0 Å². The van der Waals surface area contributed by atoms with Gasteiger partial charge in [-0.2, -0.15) is 0 Å². The molecule has 4 heteroatoms. The van der Waals surface area contributed by atoms with E-state index >= 15 is 0 Å². The van der Waals surface area contributed by atoms with Crippen molar-refractivity contribution in [2.75, 3.05) is 12.4 Å². The van der Waals surface area contributed by atoms with E-state index in [0.29, 0.717) is 17.9 Å². The topological polar surface area (TPSA) is 47.6 Å². The zero-order chi connectivity index (χ0) is 16.8. The lowest BCUT2D eigenvalue weighted by atomic mass is 10.1. The molecule has 0 fully saturated rings. The lowest BCUT2D eigenvalue weighted by Crippen LogP contribution is -2.32. The van der Waals surface area contributed by atoms with Crippen molar-refractivity contribution in [1.29, 1.82) is 0 Å². The highest BCUT2D eigenvalue weighted by Crippen LogP contribution is 2.22. The van der Waals surface area contributed by atoms with Crippen molar-refractivity contribution in [3.8, 4) is 11.5 Å². The summed E-state index contributed by atoms with van der Waals surface area (Å²) >= 11 is 0. The average molecular weight is 313 g/mol. The van der Waals surface area contributed by atoms with Gasteiger partial charge in [0.2, 0.25) is 0 Å². The first kappa shape index (κ1) is 16.9. The molecule has 0 aromatic heterocycles. The number of anilines is 1. The second kappa shape index (κ2) is 7.68. The summed E-state index contributed by atoms with van der Waals surface area (Å²) in [6, 6.07) is 13.1. The van der Waals surface area contributed by atoms with E-state index < -0.39 is 6.10 Å². The Kier molecular flexibility index (Phi) is 5.63. The maximum Gasteiger partial charge on any atom is 0.265 e. The third-order valence-electron chi connectivity index (χ3n) is 3.85. The number of amides is 1. The highest BCUT2D eigenvalue weighted by atomic mass is 16.5. The maximum absolute atomic E-state index is 12.5. The molecular weight excluding hydrogens is 290 g/mol. The predicted molar refractivity (Wildman–Crippen MR) is 92.2 cm³/mol. The molecule has 0 heterocycles. The molecule has 4 nitrogen and oxygen atoms in total. The minimum atomic E-state index is -0.554. The molecule has 0 unspecified atom stereocenters. The minimum Gasteiger partial charge on any atom is -0.497 e. The summed E-state index contributed by atoms with van der Waals surface area (Å²) in [5.41, 5.74) is 3.03. The molecule has 0 spiro atoms. The van der Waals surface area contributed by atoms with Gasteiger partial charge in [0.15, 0.2) is 6.10 Å². The maximum atomic E-state index is 12.5. The number of methoxy groups -OCH3 is 1. The van der Waals surface area contributed by atoms with Crippen LogP contribution in [-0.4, -0.2) is 19.1 Å². The van der Waals surface area contributed by atoms with E-state index in [0.717, 1.165) is 16.8 Å². The van der Waals surface area contributed by atoms with E-state index in [-0.39, 0.29) is 5.91 Å². The predicted octanol–water partition coefficient (Wildman–Crippen LogP) is 4.11. The zero-order valence-corrected chi connectivity index (χ0v) is 14.1. The highest BCUT2D eigenvalue weighted by molar-refractivity contribution is 5.95. The van der Waals surface area contributed by atoms with E-state index in [1.807, 2.05) is 57.2 Å². The fourth-order valence-electron chi connectivity index (χ4n) is 2.26. The molecule has 0 radical (unpaired) electrons. The van der Waals surface area contributed by atoms with Crippen LogP contribution in [0.1, 0.15) is 24.5 Å². The number of ether oxygens (including phenoxy) is 2. The number of hydrogen-bond acceptors (Lipinski definition) is 3. The van der Waals surface area contributed by atoms with Gasteiger partial charge in [0, 0.05) is 11.8 Å². The van der Waals surface area contributed by atoms with Gasteiger partial charge in [-0.3, -0.25) is 4.79 Å². The van der Waals surface area contributed by atoms with Gasteiger partial charge in [0.05, 0.1) is 7.11 Å². The van der Waals surface area contributed by atoms with E-state index in [9.17, 15) is 4.79 Å². The van der Waals surface area contributed by atoms with E-state index in [2.05, 4.69) is 5.32 Å².